The summed E-state index contributed by atoms with van der Waals surface area (Å²) in [6, 6.07) is 7.55. The second-order valence-electron chi connectivity index (χ2n) is 5.03. The molecule has 0 saturated carbocycles. The Bertz CT molecular complexity index is 613. The molecule has 0 aliphatic carbocycles. The van der Waals surface area contributed by atoms with Gasteiger partial charge in [-0.2, -0.15) is 10.4 Å². The first kappa shape index (κ1) is 15.6. The number of methoxy groups -OCH3 is 1. The van der Waals surface area contributed by atoms with Crippen molar-refractivity contribution in [3.05, 3.63) is 18.2 Å². The van der Waals surface area contributed by atoms with E-state index in [-0.39, 0.29) is 11.5 Å². The first-order valence-electron chi connectivity index (χ1n) is 7.17. The Balaban J connectivity index is 2.19. The van der Waals surface area contributed by atoms with Gasteiger partial charge in [-0.3, -0.25) is 10.8 Å². The van der Waals surface area contributed by atoms with Gasteiger partial charge in [0.05, 0.1) is 12.8 Å². The van der Waals surface area contributed by atoms with Crippen LogP contribution >= 0.6 is 0 Å². The number of rotatable bonds is 5. The van der Waals surface area contributed by atoms with Crippen molar-refractivity contribution < 1.29 is 4.74 Å². The van der Waals surface area contributed by atoms with E-state index in [0.29, 0.717) is 11.4 Å². The Labute approximate surface area is 129 Å². The number of hydrogen-bond donors (Lipinski definition) is 3. The van der Waals surface area contributed by atoms with Crippen LogP contribution in [0.4, 0.5) is 11.4 Å². The average Bonchev–Trinajstić information content (AvgIpc) is 2.56. The summed E-state index contributed by atoms with van der Waals surface area (Å²) in [5, 5.41) is 19.9. The second-order valence-corrected chi connectivity index (χ2v) is 5.03. The molecule has 0 bridgehead atoms. The zero-order valence-electron chi connectivity index (χ0n) is 12.6. The predicted octanol–water partition coefficient (Wildman–Crippen LogP) is 1.91. The van der Waals surface area contributed by atoms with E-state index in [9.17, 15) is 0 Å². The van der Waals surface area contributed by atoms with E-state index in [1.807, 2.05) is 18.2 Å². The summed E-state index contributed by atoms with van der Waals surface area (Å²) in [5.74, 6) is 0.256. The molecule has 0 spiro atoms. The number of nitrogens with two attached hydrogens (primary N) is 1. The van der Waals surface area contributed by atoms with Crippen molar-refractivity contribution in [2.24, 2.45) is 10.8 Å². The molecule has 7 nitrogen and oxygen atoms in total. The molecule has 1 aliphatic heterocycles. The molecule has 0 aromatic heterocycles. The lowest BCUT2D eigenvalue weighted by molar-refractivity contribution is 0.416. The van der Waals surface area contributed by atoms with Crippen molar-refractivity contribution in [1.29, 1.82) is 10.7 Å². The molecular weight excluding hydrogens is 280 g/mol. The van der Waals surface area contributed by atoms with Crippen LogP contribution in [-0.2, 0) is 0 Å². The smallest absolute Gasteiger partial charge is 0.201 e. The SMILES string of the molecule is COc1cc(N2CCCCC2)ccc1N/N=C(\C#N)C(=N)N. The topological polar surface area (TPSA) is 111 Å². The lowest BCUT2D eigenvalue weighted by atomic mass is 10.1. The van der Waals surface area contributed by atoms with Gasteiger partial charge in [-0.25, -0.2) is 0 Å². The molecule has 4 N–H and O–H groups in total. The predicted molar refractivity (Wildman–Crippen MR) is 87.6 cm³/mol. The highest BCUT2D eigenvalue weighted by Gasteiger charge is 2.13. The van der Waals surface area contributed by atoms with E-state index >= 15 is 0 Å². The Morgan fingerprint density at radius 3 is 2.73 bits per heavy atom. The van der Waals surface area contributed by atoms with Gasteiger partial charge in [0.15, 0.2) is 5.84 Å². The van der Waals surface area contributed by atoms with Crippen LogP contribution in [-0.4, -0.2) is 31.7 Å². The van der Waals surface area contributed by atoms with Crippen molar-refractivity contribution >= 4 is 22.9 Å². The number of nitrogens with zero attached hydrogens (tertiary/aromatic N) is 3. The Morgan fingerprint density at radius 2 is 2.14 bits per heavy atom. The highest BCUT2D eigenvalue weighted by atomic mass is 16.5. The molecule has 116 valence electrons. The van der Waals surface area contributed by atoms with Crippen LogP contribution < -0.4 is 20.8 Å². The van der Waals surface area contributed by atoms with Gasteiger partial charge in [0.25, 0.3) is 0 Å². The van der Waals surface area contributed by atoms with E-state index < -0.39 is 0 Å². The van der Waals surface area contributed by atoms with E-state index in [0.717, 1.165) is 18.8 Å². The van der Waals surface area contributed by atoms with Crippen molar-refractivity contribution in [3.8, 4) is 11.8 Å². The summed E-state index contributed by atoms with van der Waals surface area (Å²) < 4.78 is 5.38. The Kier molecular flexibility index (Phi) is 5.20. The molecule has 0 amide bonds. The highest BCUT2D eigenvalue weighted by Crippen LogP contribution is 2.31. The molecule has 1 saturated heterocycles. The molecule has 1 heterocycles. The van der Waals surface area contributed by atoms with Gasteiger partial charge in [0.1, 0.15) is 11.8 Å². The number of ether oxygens (including phenoxy) is 1. The van der Waals surface area contributed by atoms with Gasteiger partial charge in [0, 0.05) is 24.8 Å². The van der Waals surface area contributed by atoms with E-state index in [1.54, 1.807) is 13.2 Å². The number of anilines is 2. The Morgan fingerprint density at radius 1 is 1.41 bits per heavy atom. The molecule has 1 fully saturated rings. The van der Waals surface area contributed by atoms with Crippen LogP contribution in [0.15, 0.2) is 23.3 Å². The second kappa shape index (κ2) is 7.31. The van der Waals surface area contributed by atoms with Gasteiger partial charge in [-0.1, -0.05) is 0 Å². The lowest BCUT2D eigenvalue weighted by Crippen LogP contribution is -2.29. The maximum absolute atomic E-state index is 8.84. The fourth-order valence-electron chi connectivity index (χ4n) is 2.38. The van der Waals surface area contributed by atoms with Crippen LogP contribution in [0.1, 0.15) is 19.3 Å². The van der Waals surface area contributed by atoms with Crippen LogP contribution in [0.25, 0.3) is 0 Å². The van der Waals surface area contributed by atoms with Crippen molar-refractivity contribution in [2.75, 3.05) is 30.5 Å². The number of hydrazone groups is 1. The van der Waals surface area contributed by atoms with Gasteiger partial charge >= 0.3 is 0 Å². The lowest BCUT2D eigenvalue weighted by Gasteiger charge is -2.29. The summed E-state index contributed by atoms with van der Waals surface area (Å²) >= 11 is 0. The van der Waals surface area contributed by atoms with Crippen molar-refractivity contribution in [3.63, 3.8) is 0 Å². The van der Waals surface area contributed by atoms with Gasteiger partial charge in [-0.15, -0.1) is 0 Å². The fourth-order valence-corrected chi connectivity index (χ4v) is 2.38. The number of amidine groups is 1. The average molecular weight is 300 g/mol. The van der Waals surface area contributed by atoms with Crippen molar-refractivity contribution in [2.45, 2.75) is 19.3 Å². The maximum atomic E-state index is 8.84. The third-order valence-electron chi connectivity index (χ3n) is 3.56. The first-order valence-corrected chi connectivity index (χ1v) is 7.17. The largest absolute Gasteiger partial charge is 0.494 e. The summed E-state index contributed by atoms with van der Waals surface area (Å²) in [6.45, 7) is 2.11. The van der Waals surface area contributed by atoms with Gasteiger partial charge in [-0.05, 0) is 31.4 Å². The van der Waals surface area contributed by atoms with E-state index in [4.69, 9.17) is 21.1 Å². The van der Waals surface area contributed by atoms with Gasteiger partial charge < -0.3 is 15.4 Å². The highest BCUT2D eigenvalue weighted by molar-refractivity contribution is 6.45. The molecule has 2 rings (SSSR count). The number of nitrogens with one attached hydrogen (secondary N) is 2. The normalized spacial score (nSPS) is 15.1. The summed E-state index contributed by atoms with van der Waals surface area (Å²) in [7, 11) is 1.58. The van der Waals surface area contributed by atoms with E-state index in [2.05, 4.69) is 15.4 Å². The summed E-state index contributed by atoms with van der Waals surface area (Å²) in [4.78, 5) is 2.33. The summed E-state index contributed by atoms with van der Waals surface area (Å²) in [5.41, 5.74) is 9.55. The minimum atomic E-state index is -0.376. The zero-order chi connectivity index (χ0) is 15.9. The molecular formula is C15H20N6O. The number of nitriles is 1. The maximum Gasteiger partial charge on any atom is 0.201 e. The Hall–Kier alpha value is -2.75. The number of piperidine rings is 1. The minimum Gasteiger partial charge on any atom is -0.494 e. The molecule has 22 heavy (non-hydrogen) atoms. The zero-order valence-corrected chi connectivity index (χ0v) is 12.6. The molecule has 0 radical (unpaired) electrons. The van der Waals surface area contributed by atoms with Gasteiger partial charge in [0.2, 0.25) is 5.71 Å². The molecule has 1 aliphatic rings. The van der Waals surface area contributed by atoms with Crippen LogP contribution in [0.2, 0.25) is 0 Å². The van der Waals surface area contributed by atoms with Crippen LogP contribution in [0.5, 0.6) is 5.75 Å². The molecule has 1 aromatic carbocycles. The number of benzene rings is 1. The monoisotopic (exact) mass is 300 g/mol. The third-order valence-corrected chi connectivity index (χ3v) is 3.56. The van der Waals surface area contributed by atoms with E-state index in [1.165, 1.54) is 19.3 Å². The molecule has 1 aromatic rings. The fraction of sp³-hybridized carbons (Fsp3) is 0.400. The van der Waals surface area contributed by atoms with Crippen LogP contribution in [0.3, 0.4) is 0 Å². The quantitative estimate of drug-likeness (QED) is 0.437. The number of hydrogen-bond acceptors (Lipinski definition) is 6. The first-order chi connectivity index (χ1) is 10.7. The standard InChI is InChI=1S/C15H20N6O/c1-22-14-9-11(21-7-3-2-4-8-21)5-6-12(14)19-20-13(10-16)15(17)18/h5-6,9,19H,2-4,7-8H2,1H3,(H3,17,18)/b20-13+. The van der Waals surface area contributed by atoms with Crippen molar-refractivity contribution in [1.82, 2.24) is 0 Å². The summed E-state index contributed by atoms with van der Waals surface area (Å²) in [6.07, 6.45) is 3.69. The molecule has 7 heteroatoms. The molecule has 0 atom stereocenters. The minimum absolute atomic E-state index is 0.165. The molecule has 0 unspecified atom stereocenters. The third kappa shape index (κ3) is 3.67. The van der Waals surface area contributed by atoms with Crippen LogP contribution in [0, 0.1) is 16.7 Å².